The normalized spacial score (nSPS) is 10.8. The van der Waals surface area contributed by atoms with E-state index in [4.69, 9.17) is 0 Å². The van der Waals surface area contributed by atoms with Gasteiger partial charge in [0, 0.05) is 11.7 Å². The van der Waals surface area contributed by atoms with Crippen LogP contribution in [-0.2, 0) is 0 Å². The first-order valence-corrected chi connectivity index (χ1v) is 8.55. The third kappa shape index (κ3) is 3.34. The lowest BCUT2D eigenvalue weighted by molar-refractivity contribution is 0.243. The number of benzene rings is 2. The summed E-state index contributed by atoms with van der Waals surface area (Å²) in [6.07, 6.45) is 0. The summed E-state index contributed by atoms with van der Waals surface area (Å²) in [7, 11) is 0. The number of amides is 1. The molecule has 0 radical (unpaired) electrons. The van der Waals surface area contributed by atoms with Gasteiger partial charge in [0.1, 0.15) is 23.4 Å². The molecule has 0 saturated heterocycles. The maximum Gasteiger partial charge on any atom is 0.352 e. The molecule has 0 aliphatic carbocycles. The number of halogens is 2. The molecule has 0 saturated carbocycles. The Labute approximate surface area is 160 Å². The van der Waals surface area contributed by atoms with Crippen molar-refractivity contribution >= 4 is 11.7 Å². The SMILES string of the molecule is Cc1cccc(N(C(=O)n2nnc(-c3c(F)cccc3F)c2C#N)C(C)C)c1. The molecule has 2 aromatic carbocycles. The molecule has 0 fully saturated rings. The molecule has 3 rings (SSSR count). The van der Waals surface area contributed by atoms with Gasteiger partial charge < -0.3 is 0 Å². The highest BCUT2D eigenvalue weighted by Crippen LogP contribution is 2.28. The van der Waals surface area contributed by atoms with Crippen LogP contribution in [0.2, 0.25) is 0 Å². The molecule has 0 aliphatic heterocycles. The Balaban J connectivity index is 2.12. The number of aromatic nitrogens is 3. The minimum Gasteiger partial charge on any atom is -0.290 e. The Morgan fingerprint density at radius 1 is 1.18 bits per heavy atom. The number of anilines is 1. The molecule has 0 unspecified atom stereocenters. The zero-order chi connectivity index (χ0) is 20.4. The number of carbonyl (C=O) groups is 1. The number of carbonyl (C=O) groups excluding carboxylic acids is 1. The van der Waals surface area contributed by atoms with Gasteiger partial charge in [-0.1, -0.05) is 23.4 Å². The fraction of sp³-hybridized carbons (Fsp3) is 0.200. The smallest absolute Gasteiger partial charge is 0.290 e. The molecule has 0 bridgehead atoms. The predicted molar refractivity (Wildman–Crippen MR) is 99.7 cm³/mol. The second kappa shape index (κ2) is 7.56. The van der Waals surface area contributed by atoms with Gasteiger partial charge in [-0.3, -0.25) is 4.90 Å². The first-order chi connectivity index (χ1) is 13.3. The van der Waals surface area contributed by atoms with Gasteiger partial charge in [0.25, 0.3) is 0 Å². The Bertz CT molecular complexity index is 1060. The van der Waals surface area contributed by atoms with E-state index in [2.05, 4.69) is 10.3 Å². The highest BCUT2D eigenvalue weighted by molar-refractivity contribution is 5.95. The molecule has 0 atom stereocenters. The van der Waals surface area contributed by atoms with E-state index in [1.54, 1.807) is 32.0 Å². The first kappa shape index (κ1) is 19.2. The lowest BCUT2D eigenvalue weighted by Crippen LogP contribution is -2.41. The third-order valence-corrected chi connectivity index (χ3v) is 4.16. The van der Waals surface area contributed by atoms with Gasteiger partial charge in [-0.05, 0) is 50.6 Å². The molecule has 142 valence electrons. The third-order valence-electron chi connectivity index (χ3n) is 4.16. The van der Waals surface area contributed by atoms with Crippen molar-refractivity contribution in [3.05, 3.63) is 65.4 Å². The highest BCUT2D eigenvalue weighted by Gasteiger charge is 2.28. The molecule has 0 N–H and O–H groups in total. The second-order valence-electron chi connectivity index (χ2n) is 6.49. The number of hydrogen-bond donors (Lipinski definition) is 0. The van der Waals surface area contributed by atoms with Crippen LogP contribution in [0.25, 0.3) is 11.3 Å². The van der Waals surface area contributed by atoms with Crippen molar-refractivity contribution in [1.82, 2.24) is 15.0 Å². The van der Waals surface area contributed by atoms with E-state index in [1.165, 1.54) is 11.0 Å². The van der Waals surface area contributed by atoms with Crippen LogP contribution in [-0.4, -0.2) is 27.1 Å². The van der Waals surface area contributed by atoms with Gasteiger partial charge in [-0.2, -0.15) is 5.26 Å². The standard InChI is InChI=1S/C20H17F2N5O/c1-12(2)26(14-7-4-6-13(3)10-14)20(28)27-17(11-23)19(24-25-27)18-15(21)8-5-9-16(18)22/h4-10,12H,1-3H3. The van der Waals surface area contributed by atoms with Gasteiger partial charge in [-0.25, -0.2) is 13.6 Å². The molecule has 3 aromatic rings. The summed E-state index contributed by atoms with van der Waals surface area (Å²) in [5, 5.41) is 17.0. The van der Waals surface area contributed by atoms with Crippen molar-refractivity contribution in [3.63, 3.8) is 0 Å². The van der Waals surface area contributed by atoms with Crippen molar-refractivity contribution in [3.8, 4) is 17.3 Å². The van der Waals surface area contributed by atoms with Crippen LogP contribution >= 0.6 is 0 Å². The maximum absolute atomic E-state index is 14.1. The van der Waals surface area contributed by atoms with Gasteiger partial charge >= 0.3 is 6.03 Å². The molecule has 8 heteroatoms. The topological polar surface area (TPSA) is 74.8 Å². The van der Waals surface area contributed by atoms with Crippen molar-refractivity contribution in [2.24, 2.45) is 0 Å². The van der Waals surface area contributed by atoms with E-state index in [-0.39, 0.29) is 17.4 Å². The molecule has 1 aromatic heterocycles. The summed E-state index contributed by atoms with van der Waals surface area (Å²) >= 11 is 0. The Morgan fingerprint density at radius 3 is 2.39 bits per heavy atom. The summed E-state index contributed by atoms with van der Waals surface area (Å²) in [5.74, 6) is -1.79. The summed E-state index contributed by atoms with van der Waals surface area (Å²) in [6.45, 7) is 5.50. The molecular formula is C20H17F2N5O. The summed E-state index contributed by atoms with van der Waals surface area (Å²) in [4.78, 5) is 14.6. The van der Waals surface area contributed by atoms with E-state index in [1.807, 2.05) is 19.1 Å². The highest BCUT2D eigenvalue weighted by atomic mass is 19.1. The van der Waals surface area contributed by atoms with E-state index >= 15 is 0 Å². The van der Waals surface area contributed by atoms with Crippen molar-refractivity contribution in [2.75, 3.05) is 4.90 Å². The summed E-state index contributed by atoms with van der Waals surface area (Å²) in [5.41, 5.74) is 0.402. The van der Waals surface area contributed by atoms with Crippen LogP contribution in [0.3, 0.4) is 0 Å². The summed E-state index contributed by atoms with van der Waals surface area (Å²) < 4.78 is 29.0. The average Bonchev–Trinajstić information content (AvgIpc) is 3.05. The number of rotatable bonds is 3. The summed E-state index contributed by atoms with van der Waals surface area (Å²) in [6, 6.07) is 11.5. The Kier molecular flexibility index (Phi) is 5.18. The second-order valence-corrected chi connectivity index (χ2v) is 6.49. The average molecular weight is 381 g/mol. The zero-order valence-electron chi connectivity index (χ0n) is 15.5. The lowest BCUT2D eigenvalue weighted by atomic mass is 10.1. The van der Waals surface area contributed by atoms with Gasteiger partial charge in [-0.15, -0.1) is 9.78 Å². The number of nitrogens with zero attached hydrogens (tertiary/aromatic N) is 5. The van der Waals surface area contributed by atoms with Crippen LogP contribution < -0.4 is 4.90 Å². The van der Waals surface area contributed by atoms with E-state index in [0.29, 0.717) is 5.69 Å². The van der Waals surface area contributed by atoms with Crippen molar-refractivity contribution in [2.45, 2.75) is 26.8 Å². The molecule has 0 aliphatic rings. The number of aryl methyl sites for hydroxylation is 1. The molecule has 0 spiro atoms. The molecule has 1 heterocycles. The first-order valence-electron chi connectivity index (χ1n) is 8.55. The molecule has 6 nitrogen and oxygen atoms in total. The van der Waals surface area contributed by atoms with Gasteiger partial charge in [0.05, 0.1) is 5.56 Å². The number of hydrogen-bond acceptors (Lipinski definition) is 4. The van der Waals surface area contributed by atoms with Crippen LogP contribution in [0, 0.1) is 29.9 Å². The van der Waals surface area contributed by atoms with Crippen molar-refractivity contribution in [1.29, 1.82) is 5.26 Å². The zero-order valence-corrected chi connectivity index (χ0v) is 15.5. The fourth-order valence-corrected chi connectivity index (χ4v) is 2.92. The van der Waals surface area contributed by atoms with Crippen LogP contribution in [0.1, 0.15) is 25.1 Å². The Morgan fingerprint density at radius 2 is 1.82 bits per heavy atom. The van der Waals surface area contributed by atoms with E-state index in [9.17, 15) is 18.8 Å². The van der Waals surface area contributed by atoms with E-state index < -0.39 is 23.2 Å². The molecular weight excluding hydrogens is 364 g/mol. The minimum absolute atomic E-state index is 0.265. The molecule has 1 amide bonds. The van der Waals surface area contributed by atoms with Gasteiger partial charge in [0.2, 0.25) is 0 Å². The predicted octanol–water partition coefficient (Wildman–Crippen LogP) is 4.29. The van der Waals surface area contributed by atoms with Crippen LogP contribution in [0.4, 0.5) is 19.3 Å². The van der Waals surface area contributed by atoms with Crippen LogP contribution in [0.5, 0.6) is 0 Å². The number of nitriles is 1. The molecule has 28 heavy (non-hydrogen) atoms. The minimum atomic E-state index is -0.893. The van der Waals surface area contributed by atoms with Crippen molar-refractivity contribution < 1.29 is 13.6 Å². The fourth-order valence-electron chi connectivity index (χ4n) is 2.92. The van der Waals surface area contributed by atoms with Crippen LogP contribution in [0.15, 0.2) is 42.5 Å². The van der Waals surface area contributed by atoms with E-state index in [0.717, 1.165) is 22.4 Å². The van der Waals surface area contributed by atoms with Gasteiger partial charge in [0.15, 0.2) is 5.69 Å². The quantitative estimate of drug-likeness (QED) is 0.678. The lowest BCUT2D eigenvalue weighted by Gasteiger charge is -2.26. The monoisotopic (exact) mass is 381 g/mol. The largest absolute Gasteiger partial charge is 0.352 e. The Hall–Kier alpha value is -3.60. The maximum atomic E-state index is 14.1.